The molecule has 1 aromatic heterocycles. The number of hydrogen-bond acceptors (Lipinski definition) is 3. The van der Waals surface area contributed by atoms with E-state index in [1.807, 2.05) is 0 Å². The minimum absolute atomic E-state index is 0.0276. The first-order valence-electron chi connectivity index (χ1n) is 5.51. The molecular weight excluding hydrogens is 247 g/mol. The van der Waals surface area contributed by atoms with E-state index in [1.54, 1.807) is 0 Å². The maximum atomic E-state index is 12.3. The van der Waals surface area contributed by atoms with Crippen LogP contribution in [0.2, 0.25) is 0 Å². The predicted molar refractivity (Wildman–Crippen MR) is 58.0 cm³/mol. The summed E-state index contributed by atoms with van der Waals surface area (Å²) in [6, 6.07) is 1.97. The van der Waals surface area contributed by atoms with Crippen molar-refractivity contribution < 1.29 is 18.0 Å². The molecule has 0 unspecified atom stereocenters. The van der Waals surface area contributed by atoms with Crippen molar-refractivity contribution in [3.05, 3.63) is 29.6 Å². The molecule has 2 heterocycles. The Balaban J connectivity index is 2.02. The number of nitrogens with one attached hydrogen (secondary N) is 2. The van der Waals surface area contributed by atoms with Gasteiger partial charge in [-0.25, -0.2) is 0 Å². The minimum Gasteiger partial charge on any atom is -0.348 e. The van der Waals surface area contributed by atoms with Crippen molar-refractivity contribution in [3.63, 3.8) is 0 Å². The van der Waals surface area contributed by atoms with Crippen molar-refractivity contribution in [1.29, 1.82) is 0 Å². The highest BCUT2D eigenvalue weighted by Gasteiger charge is 2.32. The Hall–Kier alpha value is -1.63. The van der Waals surface area contributed by atoms with Gasteiger partial charge < -0.3 is 10.6 Å². The van der Waals surface area contributed by atoms with E-state index in [-0.39, 0.29) is 11.6 Å². The molecule has 1 fully saturated rings. The van der Waals surface area contributed by atoms with E-state index in [0.717, 1.165) is 31.3 Å². The first-order chi connectivity index (χ1) is 8.47. The van der Waals surface area contributed by atoms with Crippen molar-refractivity contribution >= 4 is 5.91 Å². The fourth-order valence-electron chi connectivity index (χ4n) is 1.74. The molecule has 98 valence electrons. The second kappa shape index (κ2) is 4.93. The van der Waals surface area contributed by atoms with Crippen molar-refractivity contribution in [2.75, 3.05) is 13.1 Å². The highest BCUT2D eigenvalue weighted by Crippen LogP contribution is 2.27. The van der Waals surface area contributed by atoms with Gasteiger partial charge in [-0.2, -0.15) is 13.2 Å². The van der Waals surface area contributed by atoms with Crippen LogP contribution in [0.25, 0.3) is 0 Å². The van der Waals surface area contributed by atoms with Crippen molar-refractivity contribution in [3.8, 4) is 0 Å². The van der Waals surface area contributed by atoms with Gasteiger partial charge in [-0.1, -0.05) is 0 Å². The fourth-order valence-corrected chi connectivity index (χ4v) is 1.74. The van der Waals surface area contributed by atoms with Gasteiger partial charge in [0.1, 0.15) is 5.69 Å². The van der Waals surface area contributed by atoms with Crippen LogP contribution in [0.1, 0.15) is 22.5 Å². The Morgan fingerprint density at radius 3 is 2.72 bits per heavy atom. The highest BCUT2D eigenvalue weighted by atomic mass is 19.4. The van der Waals surface area contributed by atoms with Gasteiger partial charge in [-0.3, -0.25) is 9.78 Å². The largest absolute Gasteiger partial charge is 0.433 e. The lowest BCUT2D eigenvalue weighted by Gasteiger charge is -2.11. The predicted octanol–water partition coefficient (Wildman–Crippen LogP) is 1.19. The molecule has 0 bridgehead atoms. The van der Waals surface area contributed by atoms with Crippen molar-refractivity contribution in [1.82, 2.24) is 15.6 Å². The zero-order valence-electron chi connectivity index (χ0n) is 9.42. The normalized spacial score (nSPS) is 19.8. The number of nitrogens with zero attached hydrogens (tertiary/aromatic N) is 1. The summed E-state index contributed by atoms with van der Waals surface area (Å²) in [6.07, 6.45) is -2.72. The fraction of sp³-hybridized carbons (Fsp3) is 0.455. The van der Waals surface area contributed by atoms with Crippen molar-refractivity contribution in [2.24, 2.45) is 0 Å². The third kappa shape index (κ3) is 2.98. The molecule has 2 rings (SSSR count). The number of aromatic nitrogens is 1. The van der Waals surface area contributed by atoms with E-state index in [0.29, 0.717) is 6.54 Å². The summed E-state index contributed by atoms with van der Waals surface area (Å²) in [6.45, 7) is 1.51. The molecular formula is C11H12F3N3O. The molecule has 7 heteroatoms. The number of hydrogen-bond donors (Lipinski definition) is 2. The van der Waals surface area contributed by atoms with E-state index in [9.17, 15) is 18.0 Å². The number of pyridine rings is 1. The molecule has 0 spiro atoms. The monoisotopic (exact) mass is 259 g/mol. The molecule has 1 aliphatic rings. The molecule has 1 aliphatic heterocycles. The molecule has 18 heavy (non-hydrogen) atoms. The quantitative estimate of drug-likeness (QED) is 0.839. The van der Waals surface area contributed by atoms with E-state index in [2.05, 4.69) is 15.6 Å². The molecule has 1 amide bonds. The van der Waals surface area contributed by atoms with Gasteiger partial charge >= 0.3 is 6.18 Å². The molecule has 1 atom stereocenters. The summed E-state index contributed by atoms with van der Waals surface area (Å²) >= 11 is 0. The zero-order chi connectivity index (χ0) is 13.2. The van der Waals surface area contributed by atoms with Crippen LogP contribution in [0.4, 0.5) is 13.2 Å². The lowest BCUT2D eigenvalue weighted by molar-refractivity contribution is -0.141. The van der Waals surface area contributed by atoms with Crippen LogP contribution in [0.3, 0.4) is 0 Å². The number of alkyl halides is 3. The van der Waals surface area contributed by atoms with Gasteiger partial charge in [0.05, 0.1) is 5.56 Å². The van der Waals surface area contributed by atoms with Crippen LogP contribution < -0.4 is 10.6 Å². The summed E-state index contributed by atoms with van der Waals surface area (Å²) < 4.78 is 36.8. The topological polar surface area (TPSA) is 54.0 Å². The molecule has 0 saturated carbocycles. The smallest absolute Gasteiger partial charge is 0.348 e. The van der Waals surface area contributed by atoms with Crippen molar-refractivity contribution in [2.45, 2.75) is 18.6 Å². The molecule has 0 radical (unpaired) electrons. The number of carbonyl (C=O) groups is 1. The first kappa shape index (κ1) is 12.8. The van der Waals surface area contributed by atoms with Crippen LogP contribution in [-0.2, 0) is 6.18 Å². The third-order valence-corrected chi connectivity index (χ3v) is 2.71. The van der Waals surface area contributed by atoms with Crippen LogP contribution in [0.15, 0.2) is 18.3 Å². The number of amides is 1. The maximum absolute atomic E-state index is 12.3. The summed E-state index contributed by atoms with van der Waals surface area (Å²) in [5.74, 6) is -0.398. The maximum Gasteiger partial charge on any atom is 0.433 e. The van der Waals surface area contributed by atoms with E-state index >= 15 is 0 Å². The SMILES string of the molecule is O=C(N[C@@H]1CCNC1)c1ccc(C(F)(F)F)nc1. The second-order valence-electron chi connectivity index (χ2n) is 4.09. The first-order valence-corrected chi connectivity index (χ1v) is 5.51. The van der Waals surface area contributed by atoms with Gasteiger partial charge in [0.2, 0.25) is 0 Å². The van der Waals surface area contributed by atoms with Crippen LogP contribution >= 0.6 is 0 Å². The molecule has 1 saturated heterocycles. The lowest BCUT2D eigenvalue weighted by Crippen LogP contribution is -2.36. The molecule has 2 N–H and O–H groups in total. The zero-order valence-corrected chi connectivity index (χ0v) is 9.42. The highest BCUT2D eigenvalue weighted by molar-refractivity contribution is 5.94. The van der Waals surface area contributed by atoms with Gasteiger partial charge in [-0.15, -0.1) is 0 Å². The average molecular weight is 259 g/mol. The molecule has 1 aromatic rings. The van der Waals surface area contributed by atoms with Gasteiger partial charge in [0.25, 0.3) is 5.91 Å². The Labute approximate surface area is 102 Å². The van der Waals surface area contributed by atoms with Gasteiger partial charge in [0.15, 0.2) is 0 Å². The molecule has 0 aromatic carbocycles. The van der Waals surface area contributed by atoms with Gasteiger partial charge in [-0.05, 0) is 25.1 Å². The Kier molecular flexibility index (Phi) is 3.51. The minimum atomic E-state index is -4.48. The third-order valence-electron chi connectivity index (χ3n) is 2.71. The number of rotatable bonds is 2. The summed E-state index contributed by atoms with van der Waals surface area (Å²) in [5, 5.41) is 5.81. The molecule has 4 nitrogen and oxygen atoms in total. The number of halogens is 3. The standard InChI is InChI=1S/C11H12F3N3O/c12-11(13,14)9-2-1-7(5-16-9)10(18)17-8-3-4-15-6-8/h1-2,5,8,15H,3-4,6H2,(H,17,18)/t8-/m1/s1. The Morgan fingerprint density at radius 1 is 1.44 bits per heavy atom. The molecule has 0 aliphatic carbocycles. The summed E-state index contributed by atoms with van der Waals surface area (Å²) in [5.41, 5.74) is -0.864. The second-order valence-corrected chi connectivity index (χ2v) is 4.09. The Bertz CT molecular complexity index is 424. The van der Waals surface area contributed by atoms with E-state index in [1.165, 1.54) is 0 Å². The van der Waals surface area contributed by atoms with E-state index < -0.39 is 17.8 Å². The summed E-state index contributed by atoms with van der Waals surface area (Å²) in [7, 11) is 0. The summed E-state index contributed by atoms with van der Waals surface area (Å²) in [4.78, 5) is 14.9. The van der Waals surface area contributed by atoms with E-state index in [4.69, 9.17) is 0 Å². The Morgan fingerprint density at radius 2 is 2.22 bits per heavy atom. The number of carbonyl (C=O) groups excluding carboxylic acids is 1. The lowest BCUT2D eigenvalue weighted by atomic mass is 10.2. The average Bonchev–Trinajstić information content (AvgIpc) is 2.81. The van der Waals surface area contributed by atoms with Crippen LogP contribution in [0, 0.1) is 0 Å². The van der Waals surface area contributed by atoms with Gasteiger partial charge in [0, 0.05) is 18.8 Å². The van der Waals surface area contributed by atoms with Crippen LogP contribution in [0.5, 0.6) is 0 Å². The van der Waals surface area contributed by atoms with Crippen LogP contribution in [-0.4, -0.2) is 30.0 Å².